The molecular weight excluding hydrogens is 395 g/mol. The second-order valence-electron chi connectivity index (χ2n) is 3.99. The highest BCUT2D eigenvalue weighted by Gasteiger charge is 2.21. The van der Waals surface area contributed by atoms with Crippen molar-refractivity contribution < 1.29 is 4.79 Å². The Balaban J connectivity index is 2.50. The van der Waals surface area contributed by atoms with Crippen LogP contribution in [0, 0.1) is 0 Å². The van der Waals surface area contributed by atoms with Crippen LogP contribution in [0.3, 0.4) is 0 Å². The van der Waals surface area contributed by atoms with Crippen molar-refractivity contribution in [3.8, 4) is 0 Å². The average molecular weight is 407 g/mol. The zero-order valence-corrected chi connectivity index (χ0v) is 14.1. The van der Waals surface area contributed by atoms with Crippen LogP contribution in [0.1, 0.15) is 29.4 Å². The zero-order chi connectivity index (χ0) is 14.0. The van der Waals surface area contributed by atoms with E-state index in [1.165, 1.54) is 0 Å². The van der Waals surface area contributed by atoms with Gasteiger partial charge in [0.05, 0.1) is 15.7 Å². The molecule has 0 atom stereocenters. The van der Waals surface area contributed by atoms with Gasteiger partial charge in [0.1, 0.15) is 5.69 Å². The summed E-state index contributed by atoms with van der Waals surface area (Å²) in [6.07, 6.45) is 2.54. The Bertz CT molecular complexity index is 625. The normalized spacial score (nSPS) is 10.7. The minimum absolute atomic E-state index is 0.135. The van der Waals surface area contributed by atoms with E-state index in [9.17, 15) is 4.79 Å². The highest BCUT2D eigenvalue weighted by Crippen LogP contribution is 2.29. The molecule has 6 heteroatoms. The van der Waals surface area contributed by atoms with Crippen LogP contribution in [-0.2, 0) is 6.54 Å². The number of aryl methyl sites for hydroxylation is 1. The maximum atomic E-state index is 12.6. The van der Waals surface area contributed by atoms with E-state index in [1.54, 1.807) is 29.1 Å². The maximum absolute atomic E-state index is 12.6. The molecule has 0 fully saturated rings. The molecule has 100 valence electrons. The molecule has 0 spiro atoms. The lowest BCUT2D eigenvalue weighted by molar-refractivity contribution is 0.102. The maximum Gasteiger partial charge on any atom is 0.213 e. The van der Waals surface area contributed by atoms with Gasteiger partial charge in [-0.25, -0.2) is 0 Å². The van der Waals surface area contributed by atoms with E-state index in [4.69, 9.17) is 11.6 Å². The van der Waals surface area contributed by atoms with Crippen LogP contribution >= 0.6 is 43.5 Å². The minimum Gasteiger partial charge on any atom is -0.287 e. The lowest BCUT2D eigenvalue weighted by atomic mass is 10.1. The van der Waals surface area contributed by atoms with Crippen molar-refractivity contribution in [1.82, 2.24) is 9.78 Å². The molecule has 1 heterocycles. The number of hydrogen-bond acceptors (Lipinski definition) is 2. The summed E-state index contributed by atoms with van der Waals surface area (Å²) in [5, 5.41) is 4.62. The summed E-state index contributed by atoms with van der Waals surface area (Å²) < 4.78 is 3.09. The topological polar surface area (TPSA) is 34.9 Å². The van der Waals surface area contributed by atoms with Crippen LogP contribution in [0.25, 0.3) is 0 Å². The average Bonchev–Trinajstić information content (AvgIpc) is 2.74. The van der Waals surface area contributed by atoms with Gasteiger partial charge in [0.25, 0.3) is 0 Å². The molecule has 1 aromatic heterocycles. The molecule has 0 unspecified atom stereocenters. The van der Waals surface area contributed by atoms with Gasteiger partial charge in [0.2, 0.25) is 5.78 Å². The molecule has 2 aromatic rings. The van der Waals surface area contributed by atoms with Gasteiger partial charge in [-0.3, -0.25) is 9.48 Å². The fourth-order valence-electron chi connectivity index (χ4n) is 1.78. The summed E-state index contributed by atoms with van der Waals surface area (Å²) in [5.74, 6) is -0.135. The number of halogens is 3. The second-order valence-corrected chi connectivity index (χ2v) is 6.08. The standard InChI is InChI=1S/C13H11Br2ClN2O/c1-2-6-18-12(10(15)7-17-18)13(19)8-4-3-5-9(14)11(8)16/h3-5,7H,2,6H2,1H3. The van der Waals surface area contributed by atoms with E-state index in [0.717, 1.165) is 6.42 Å². The van der Waals surface area contributed by atoms with E-state index >= 15 is 0 Å². The SMILES string of the molecule is CCCn1ncc(Br)c1C(=O)c1cccc(Br)c1Cl. The van der Waals surface area contributed by atoms with Crippen molar-refractivity contribution >= 4 is 49.2 Å². The third-order valence-electron chi connectivity index (χ3n) is 2.64. The van der Waals surface area contributed by atoms with Crippen LogP contribution in [0.2, 0.25) is 5.02 Å². The molecule has 0 aliphatic carbocycles. The predicted octanol–water partition coefficient (Wildman–Crippen LogP) is 4.70. The van der Waals surface area contributed by atoms with Gasteiger partial charge >= 0.3 is 0 Å². The van der Waals surface area contributed by atoms with Crippen molar-refractivity contribution in [2.75, 3.05) is 0 Å². The third-order valence-corrected chi connectivity index (χ3v) is 4.52. The molecular formula is C13H11Br2ClN2O. The van der Waals surface area contributed by atoms with Gasteiger partial charge in [-0.15, -0.1) is 0 Å². The van der Waals surface area contributed by atoms with Gasteiger partial charge < -0.3 is 0 Å². The largest absolute Gasteiger partial charge is 0.287 e. The number of carbonyl (C=O) groups is 1. The molecule has 19 heavy (non-hydrogen) atoms. The number of rotatable bonds is 4. The van der Waals surface area contributed by atoms with Crippen molar-refractivity contribution in [1.29, 1.82) is 0 Å². The van der Waals surface area contributed by atoms with E-state index in [1.807, 2.05) is 6.92 Å². The van der Waals surface area contributed by atoms with Crippen molar-refractivity contribution in [2.24, 2.45) is 0 Å². The molecule has 0 radical (unpaired) electrons. The van der Waals surface area contributed by atoms with Crippen molar-refractivity contribution in [2.45, 2.75) is 19.9 Å². The number of nitrogens with zero attached hydrogens (tertiary/aromatic N) is 2. The first-order valence-electron chi connectivity index (χ1n) is 5.76. The Morgan fingerprint density at radius 2 is 2.11 bits per heavy atom. The number of carbonyl (C=O) groups excluding carboxylic acids is 1. The number of aromatic nitrogens is 2. The Morgan fingerprint density at radius 1 is 1.37 bits per heavy atom. The molecule has 0 saturated carbocycles. The van der Waals surface area contributed by atoms with E-state index < -0.39 is 0 Å². The number of benzene rings is 1. The summed E-state index contributed by atoms with van der Waals surface area (Å²) >= 11 is 12.9. The zero-order valence-electron chi connectivity index (χ0n) is 10.2. The molecule has 0 aliphatic heterocycles. The number of ketones is 1. The van der Waals surface area contributed by atoms with Crippen molar-refractivity contribution in [3.05, 3.63) is 49.6 Å². The molecule has 3 nitrogen and oxygen atoms in total. The monoisotopic (exact) mass is 404 g/mol. The van der Waals surface area contributed by atoms with Crippen LogP contribution < -0.4 is 0 Å². The van der Waals surface area contributed by atoms with Crippen LogP contribution in [0.5, 0.6) is 0 Å². The molecule has 0 saturated heterocycles. The second kappa shape index (κ2) is 6.20. The van der Waals surface area contributed by atoms with Crippen LogP contribution in [0.15, 0.2) is 33.3 Å². The quantitative estimate of drug-likeness (QED) is 0.690. The summed E-state index contributed by atoms with van der Waals surface area (Å²) in [4.78, 5) is 12.6. The summed E-state index contributed by atoms with van der Waals surface area (Å²) in [5.41, 5.74) is 0.997. The Labute approximate surface area is 133 Å². The first kappa shape index (κ1) is 14.8. The summed E-state index contributed by atoms with van der Waals surface area (Å²) in [7, 11) is 0. The predicted molar refractivity (Wildman–Crippen MR) is 82.8 cm³/mol. The lowest BCUT2D eigenvalue weighted by Crippen LogP contribution is -2.12. The van der Waals surface area contributed by atoms with E-state index in [-0.39, 0.29) is 5.78 Å². The van der Waals surface area contributed by atoms with Crippen LogP contribution in [-0.4, -0.2) is 15.6 Å². The third kappa shape index (κ3) is 2.93. The minimum atomic E-state index is -0.135. The van der Waals surface area contributed by atoms with Gasteiger partial charge in [-0.05, 0) is 50.4 Å². The first-order chi connectivity index (χ1) is 9.06. The first-order valence-corrected chi connectivity index (χ1v) is 7.72. The summed E-state index contributed by atoms with van der Waals surface area (Å²) in [6.45, 7) is 2.73. The molecule has 0 N–H and O–H groups in total. The molecule has 0 aliphatic rings. The molecule has 1 aromatic carbocycles. The Hall–Kier alpha value is -0.650. The Kier molecular flexibility index (Phi) is 4.81. The van der Waals surface area contributed by atoms with Gasteiger partial charge in [-0.1, -0.05) is 24.6 Å². The van der Waals surface area contributed by atoms with E-state index in [2.05, 4.69) is 37.0 Å². The van der Waals surface area contributed by atoms with Gasteiger partial charge in [-0.2, -0.15) is 5.10 Å². The molecule has 2 rings (SSSR count). The summed E-state index contributed by atoms with van der Waals surface area (Å²) in [6, 6.07) is 5.31. The van der Waals surface area contributed by atoms with E-state index in [0.29, 0.717) is 31.8 Å². The Morgan fingerprint density at radius 3 is 2.79 bits per heavy atom. The smallest absolute Gasteiger partial charge is 0.213 e. The number of hydrogen-bond donors (Lipinski definition) is 0. The molecule has 0 amide bonds. The lowest BCUT2D eigenvalue weighted by Gasteiger charge is -2.08. The molecule has 0 bridgehead atoms. The fourth-order valence-corrected chi connectivity index (χ4v) is 2.83. The fraction of sp³-hybridized carbons (Fsp3) is 0.231. The van der Waals surface area contributed by atoms with Crippen LogP contribution in [0.4, 0.5) is 0 Å². The highest BCUT2D eigenvalue weighted by atomic mass is 79.9. The van der Waals surface area contributed by atoms with Gasteiger partial charge in [0.15, 0.2) is 0 Å². The highest BCUT2D eigenvalue weighted by molar-refractivity contribution is 9.10. The van der Waals surface area contributed by atoms with Gasteiger partial charge in [0, 0.05) is 16.6 Å². The van der Waals surface area contributed by atoms with Crippen molar-refractivity contribution in [3.63, 3.8) is 0 Å².